The van der Waals surface area contributed by atoms with Gasteiger partial charge in [0.05, 0.1) is 0 Å². The summed E-state index contributed by atoms with van der Waals surface area (Å²) in [5.41, 5.74) is 2.95. The highest BCUT2D eigenvalue weighted by Gasteiger charge is 2.08. The Hall–Kier alpha value is -2.03. The van der Waals surface area contributed by atoms with E-state index in [9.17, 15) is 4.79 Å². The summed E-state index contributed by atoms with van der Waals surface area (Å²) in [5, 5.41) is 0. The van der Waals surface area contributed by atoms with Gasteiger partial charge in [-0.25, -0.2) is 0 Å². The number of benzene rings is 1. The predicted molar refractivity (Wildman–Crippen MR) is 71.2 cm³/mol. The van der Waals surface area contributed by atoms with E-state index < -0.39 is 0 Å². The Morgan fingerprint density at radius 1 is 1.22 bits per heavy atom. The lowest BCUT2D eigenvalue weighted by molar-refractivity contribution is 0.0921. The lowest BCUT2D eigenvalue weighted by Gasteiger charge is -2.07. The molecule has 0 saturated heterocycles. The predicted octanol–water partition coefficient (Wildman–Crippen LogP) is 2.90. The maximum Gasteiger partial charge on any atom is 0.201 e. The van der Waals surface area contributed by atoms with Gasteiger partial charge in [0.1, 0.15) is 5.75 Å². The summed E-state index contributed by atoms with van der Waals surface area (Å²) in [6.07, 6.45) is 3.65. The largest absolute Gasteiger partial charge is 0.485 e. The Morgan fingerprint density at radius 3 is 2.44 bits per heavy atom. The first-order valence-corrected chi connectivity index (χ1v) is 5.91. The minimum atomic E-state index is -0.00485. The number of rotatable bonds is 4. The molecule has 0 fully saturated rings. The van der Waals surface area contributed by atoms with Crippen molar-refractivity contribution in [1.82, 2.24) is 4.57 Å². The summed E-state index contributed by atoms with van der Waals surface area (Å²) in [7, 11) is 1.89. The SMILES string of the molecule is Cc1cc(C)cc(OCC(=O)c2ccn(C)c2)c1. The first kappa shape index (κ1) is 12.4. The van der Waals surface area contributed by atoms with Gasteiger partial charge in [-0.2, -0.15) is 0 Å². The van der Waals surface area contributed by atoms with Gasteiger partial charge < -0.3 is 9.30 Å². The van der Waals surface area contributed by atoms with Crippen molar-refractivity contribution in [1.29, 1.82) is 0 Å². The van der Waals surface area contributed by atoms with Crippen LogP contribution in [0.3, 0.4) is 0 Å². The van der Waals surface area contributed by atoms with Crippen LogP contribution in [0.2, 0.25) is 0 Å². The fourth-order valence-corrected chi connectivity index (χ4v) is 1.92. The zero-order valence-corrected chi connectivity index (χ0v) is 10.9. The zero-order valence-electron chi connectivity index (χ0n) is 10.9. The van der Waals surface area contributed by atoms with Crippen molar-refractivity contribution in [3.63, 3.8) is 0 Å². The molecule has 2 rings (SSSR count). The third-order valence-electron chi connectivity index (χ3n) is 2.72. The van der Waals surface area contributed by atoms with E-state index in [-0.39, 0.29) is 12.4 Å². The molecule has 0 radical (unpaired) electrons. The van der Waals surface area contributed by atoms with Crippen molar-refractivity contribution < 1.29 is 9.53 Å². The summed E-state index contributed by atoms with van der Waals surface area (Å²) in [6, 6.07) is 7.75. The van der Waals surface area contributed by atoms with E-state index >= 15 is 0 Å². The Labute approximate surface area is 107 Å². The van der Waals surface area contributed by atoms with E-state index in [2.05, 4.69) is 6.07 Å². The number of carbonyl (C=O) groups is 1. The minimum Gasteiger partial charge on any atom is -0.485 e. The van der Waals surface area contributed by atoms with Crippen molar-refractivity contribution in [2.24, 2.45) is 7.05 Å². The maximum atomic E-state index is 11.9. The van der Waals surface area contributed by atoms with Crippen molar-refractivity contribution in [3.8, 4) is 5.75 Å². The molecule has 3 heteroatoms. The summed E-state index contributed by atoms with van der Waals surface area (Å²) < 4.78 is 7.39. The smallest absolute Gasteiger partial charge is 0.201 e. The number of aromatic nitrogens is 1. The molecule has 18 heavy (non-hydrogen) atoms. The number of ether oxygens (including phenoxy) is 1. The topological polar surface area (TPSA) is 31.2 Å². The van der Waals surface area contributed by atoms with Crippen LogP contribution in [0.4, 0.5) is 0 Å². The highest BCUT2D eigenvalue weighted by Crippen LogP contribution is 2.16. The normalized spacial score (nSPS) is 10.4. The molecule has 3 nitrogen and oxygen atoms in total. The summed E-state index contributed by atoms with van der Waals surface area (Å²) in [6.45, 7) is 4.10. The van der Waals surface area contributed by atoms with Crippen molar-refractivity contribution in [2.75, 3.05) is 6.61 Å². The first-order valence-electron chi connectivity index (χ1n) is 5.91. The molecule has 94 valence electrons. The number of ketones is 1. The van der Waals surface area contributed by atoms with E-state index in [1.165, 1.54) is 0 Å². The second-order valence-corrected chi connectivity index (χ2v) is 4.60. The Morgan fingerprint density at radius 2 is 1.89 bits per heavy atom. The van der Waals surface area contributed by atoms with E-state index in [1.807, 2.05) is 43.8 Å². The molecule has 0 saturated carbocycles. The maximum absolute atomic E-state index is 11.9. The van der Waals surface area contributed by atoms with Gasteiger partial charge >= 0.3 is 0 Å². The molecule has 1 aromatic carbocycles. The number of hydrogen-bond donors (Lipinski definition) is 0. The summed E-state index contributed by atoms with van der Waals surface area (Å²) >= 11 is 0. The van der Waals surface area contributed by atoms with Crippen LogP contribution in [-0.4, -0.2) is 17.0 Å². The van der Waals surface area contributed by atoms with Gasteiger partial charge in [0, 0.05) is 25.0 Å². The van der Waals surface area contributed by atoms with Gasteiger partial charge in [-0.3, -0.25) is 4.79 Å². The molecular formula is C15H17NO2. The van der Waals surface area contributed by atoms with E-state index in [4.69, 9.17) is 4.74 Å². The average molecular weight is 243 g/mol. The van der Waals surface area contributed by atoms with Gasteiger partial charge in [0.2, 0.25) is 5.78 Å². The zero-order chi connectivity index (χ0) is 13.1. The van der Waals surface area contributed by atoms with Crippen molar-refractivity contribution >= 4 is 5.78 Å². The monoisotopic (exact) mass is 243 g/mol. The van der Waals surface area contributed by atoms with Crippen LogP contribution in [0.5, 0.6) is 5.75 Å². The van der Waals surface area contributed by atoms with E-state index in [0.29, 0.717) is 5.56 Å². The quantitative estimate of drug-likeness (QED) is 0.773. The highest BCUT2D eigenvalue weighted by atomic mass is 16.5. The molecule has 1 aromatic heterocycles. The molecule has 1 heterocycles. The van der Waals surface area contributed by atoms with Crippen molar-refractivity contribution in [3.05, 3.63) is 53.3 Å². The fraction of sp³-hybridized carbons (Fsp3) is 0.267. The number of Topliss-reactive ketones (excluding diaryl/α,β-unsaturated/α-hetero) is 1. The van der Waals surface area contributed by atoms with Crippen LogP contribution in [-0.2, 0) is 7.05 Å². The number of hydrogen-bond acceptors (Lipinski definition) is 2. The van der Waals surface area contributed by atoms with Gasteiger partial charge in [-0.05, 0) is 43.2 Å². The first-order chi connectivity index (χ1) is 8.54. The highest BCUT2D eigenvalue weighted by molar-refractivity contribution is 5.97. The number of carbonyl (C=O) groups excluding carboxylic acids is 1. The molecule has 2 aromatic rings. The van der Waals surface area contributed by atoms with Crippen LogP contribution in [0.15, 0.2) is 36.7 Å². The molecule has 0 aliphatic heterocycles. The molecule has 0 aliphatic rings. The third-order valence-corrected chi connectivity index (χ3v) is 2.72. The Balaban J connectivity index is 2.01. The number of nitrogens with zero attached hydrogens (tertiary/aromatic N) is 1. The molecule has 0 atom stereocenters. The standard InChI is InChI=1S/C15H17NO2/c1-11-6-12(2)8-14(7-11)18-10-15(17)13-4-5-16(3)9-13/h4-9H,10H2,1-3H3. The third kappa shape index (κ3) is 3.00. The van der Waals surface area contributed by atoms with Gasteiger partial charge in [0.25, 0.3) is 0 Å². The molecule has 0 N–H and O–H groups in total. The number of aryl methyl sites for hydroxylation is 3. The fourth-order valence-electron chi connectivity index (χ4n) is 1.92. The summed E-state index contributed by atoms with van der Waals surface area (Å²) in [5.74, 6) is 0.742. The average Bonchev–Trinajstić information content (AvgIpc) is 2.71. The lowest BCUT2D eigenvalue weighted by Crippen LogP contribution is -2.11. The molecule has 0 bridgehead atoms. The lowest BCUT2D eigenvalue weighted by atomic mass is 10.1. The molecule has 0 spiro atoms. The summed E-state index contributed by atoms with van der Waals surface area (Å²) in [4.78, 5) is 11.9. The van der Waals surface area contributed by atoms with Crippen molar-refractivity contribution in [2.45, 2.75) is 13.8 Å². The van der Waals surface area contributed by atoms with E-state index in [0.717, 1.165) is 16.9 Å². The molecule has 0 unspecified atom stereocenters. The molecule has 0 amide bonds. The molecule has 0 aliphatic carbocycles. The Bertz CT molecular complexity index is 549. The molecular weight excluding hydrogens is 226 g/mol. The van der Waals surface area contributed by atoms with E-state index in [1.54, 1.807) is 12.3 Å². The van der Waals surface area contributed by atoms with Crippen LogP contribution in [0, 0.1) is 13.8 Å². The van der Waals surface area contributed by atoms with Crippen LogP contribution < -0.4 is 4.74 Å². The second kappa shape index (κ2) is 5.08. The Kier molecular flexibility index (Phi) is 3.51. The van der Waals surface area contributed by atoms with Crippen LogP contribution in [0.1, 0.15) is 21.5 Å². The van der Waals surface area contributed by atoms with Crippen LogP contribution >= 0.6 is 0 Å². The minimum absolute atomic E-state index is 0.00485. The van der Waals surface area contributed by atoms with Gasteiger partial charge in [-0.1, -0.05) is 6.07 Å². The van der Waals surface area contributed by atoms with Crippen LogP contribution in [0.25, 0.3) is 0 Å². The second-order valence-electron chi connectivity index (χ2n) is 4.60. The van der Waals surface area contributed by atoms with Gasteiger partial charge in [0.15, 0.2) is 6.61 Å². The van der Waals surface area contributed by atoms with Gasteiger partial charge in [-0.15, -0.1) is 0 Å².